The Labute approximate surface area is 89.5 Å². The predicted octanol–water partition coefficient (Wildman–Crippen LogP) is 2.49. The number of benzene rings is 1. The smallest absolute Gasteiger partial charge is 0.137 e. The fourth-order valence-electron chi connectivity index (χ4n) is 1.63. The second kappa shape index (κ2) is 3.36. The maximum absolute atomic E-state index is 13.1. The molecule has 0 unspecified atom stereocenters. The lowest BCUT2D eigenvalue weighted by Gasteiger charge is -2.16. The van der Waals surface area contributed by atoms with Gasteiger partial charge in [0.25, 0.3) is 0 Å². The van der Waals surface area contributed by atoms with Gasteiger partial charge in [-0.25, -0.2) is 4.39 Å². The number of carbonyl (C=O) groups is 1. The standard InChI is InChI=1S/C10H8FIO/c11-9-4-1-6-5-7(13)2-3-8(6)10(9)12/h1,4H,2-3,5H2. The molecule has 0 aromatic heterocycles. The highest BCUT2D eigenvalue weighted by Crippen LogP contribution is 2.26. The van der Waals surface area contributed by atoms with E-state index in [0.29, 0.717) is 22.8 Å². The van der Waals surface area contributed by atoms with Crippen molar-refractivity contribution in [1.29, 1.82) is 0 Å². The normalized spacial score (nSPS) is 15.7. The number of fused-ring (bicyclic) bond motifs is 1. The Morgan fingerprint density at radius 3 is 2.85 bits per heavy atom. The van der Waals surface area contributed by atoms with Crippen molar-refractivity contribution < 1.29 is 9.18 Å². The van der Waals surface area contributed by atoms with Gasteiger partial charge in [0.05, 0.1) is 3.57 Å². The molecule has 1 aromatic rings. The monoisotopic (exact) mass is 290 g/mol. The third-order valence-corrected chi connectivity index (χ3v) is 3.50. The van der Waals surface area contributed by atoms with Crippen LogP contribution in [0.4, 0.5) is 4.39 Å². The zero-order valence-electron chi connectivity index (χ0n) is 6.94. The van der Waals surface area contributed by atoms with Crippen LogP contribution >= 0.6 is 22.6 Å². The molecule has 68 valence electrons. The van der Waals surface area contributed by atoms with Crippen molar-refractivity contribution >= 4 is 28.4 Å². The van der Waals surface area contributed by atoms with Gasteiger partial charge < -0.3 is 0 Å². The van der Waals surface area contributed by atoms with Crippen LogP contribution < -0.4 is 0 Å². The van der Waals surface area contributed by atoms with E-state index in [0.717, 1.165) is 11.1 Å². The van der Waals surface area contributed by atoms with Crippen molar-refractivity contribution in [3.8, 4) is 0 Å². The molecule has 0 spiro atoms. The number of rotatable bonds is 0. The molecule has 13 heavy (non-hydrogen) atoms. The molecule has 1 nitrogen and oxygen atoms in total. The molecule has 0 saturated carbocycles. The van der Waals surface area contributed by atoms with E-state index in [1.165, 1.54) is 6.07 Å². The molecule has 0 amide bonds. The summed E-state index contributed by atoms with van der Waals surface area (Å²) in [6.07, 6.45) is 1.74. The van der Waals surface area contributed by atoms with Crippen LogP contribution in [-0.2, 0) is 17.6 Å². The predicted molar refractivity (Wildman–Crippen MR) is 56.1 cm³/mol. The molecule has 0 saturated heterocycles. The van der Waals surface area contributed by atoms with Crippen LogP contribution in [0, 0.1) is 9.39 Å². The van der Waals surface area contributed by atoms with Crippen molar-refractivity contribution in [2.45, 2.75) is 19.3 Å². The van der Waals surface area contributed by atoms with Gasteiger partial charge in [-0.1, -0.05) is 6.07 Å². The first-order valence-electron chi connectivity index (χ1n) is 4.16. The van der Waals surface area contributed by atoms with Crippen molar-refractivity contribution in [3.05, 3.63) is 32.6 Å². The molecule has 0 fully saturated rings. The van der Waals surface area contributed by atoms with Crippen molar-refractivity contribution in [2.75, 3.05) is 0 Å². The van der Waals surface area contributed by atoms with E-state index < -0.39 is 0 Å². The quantitative estimate of drug-likeness (QED) is 0.671. The second-order valence-electron chi connectivity index (χ2n) is 3.21. The fourth-order valence-corrected chi connectivity index (χ4v) is 2.43. The van der Waals surface area contributed by atoms with Crippen LogP contribution in [0.2, 0.25) is 0 Å². The van der Waals surface area contributed by atoms with Crippen molar-refractivity contribution in [1.82, 2.24) is 0 Å². The van der Waals surface area contributed by atoms with E-state index >= 15 is 0 Å². The fraction of sp³-hybridized carbons (Fsp3) is 0.300. The summed E-state index contributed by atoms with van der Waals surface area (Å²) in [5.41, 5.74) is 2.03. The number of carbonyl (C=O) groups excluding carboxylic acids is 1. The maximum Gasteiger partial charge on any atom is 0.137 e. The number of halogens is 2. The van der Waals surface area contributed by atoms with Crippen molar-refractivity contribution in [3.63, 3.8) is 0 Å². The number of ketones is 1. The second-order valence-corrected chi connectivity index (χ2v) is 4.29. The molecule has 1 aliphatic rings. The molecule has 1 aliphatic carbocycles. The van der Waals surface area contributed by atoms with Gasteiger partial charge in [-0.2, -0.15) is 0 Å². The summed E-state index contributed by atoms with van der Waals surface area (Å²) in [4.78, 5) is 11.1. The molecular weight excluding hydrogens is 282 g/mol. The Bertz CT molecular complexity index is 373. The Kier molecular flexibility index (Phi) is 2.36. The minimum atomic E-state index is -0.173. The van der Waals surface area contributed by atoms with Crippen LogP contribution in [0.1, 0.15) is 17.5 Å². The number of hydrogen-bond donors (Lipinski definition) is 0. The SMILES string of the molecule is O=C1CCc2c(ccc(F)c2I)C1. The summed E-state index contributed by atoms with van der Waals surface area (Å²) >= 11 is 2.01. The van der Waals surface area contributed by atoms with E-state index in [4.69, 9.17) is 0 Å². The van der Waals surface area contributed by atoms with E-state index in [2.05, 4.69) is 0 Å². The Balaban J connectivity index is 2.53. The Morgan fingerprint density at radius 2 is 2.08 bits per heavy atom. The first-order chi connectivity index (χ1) is 6.18. The Morgan fingerprint density at radius 1 is 1.31 bits per heavy atom. The van der Waals surface area contributed by atoms with Gasteiger partial charge in [0.1, 0.15) is 11.6 Å². The summed E-state index contributed by atoms with van der Waals surface area (Å²) in [6, 6.07) is 3.17. The minimum Gasteiger partial charge on any atom is -0.299 e. The zero-order valence-corrected chi connectivity index (χ0v) is 9.10. The highest BCUT2D eigenvalue weighted by atomic mass is 127. The minimum absolute atomic E-state index is 0.173. The highest BCUT2D eigenvalue weighted by Gasteiger charge is 2.19. The molecular formula is C10H8FIO. The Hall–Kier alpha value is -0.450. The van der Waals surface area contributed by atoms with Crippen LogP contribution in [-0.4, -0.2) is 5.78 Å². The lowest BCUT2D eigenvalue weighted by atomic mass is 9.91. The largest absolute Gasteiger partial charge is 0.299 e. The maximum atomic E-state index is 13.1. The first kappa shape index (κ1) is 9.12. The average Bonchev–Trinajstić information content (AvgIpc) is 2.12. The first-order valence-corrected chi connectivity index (χ1v) is 5.24. The molecule has 0 N–H and O–H groups in total. The molecule has 2 rings (SSSR count). The van der Waals surface area contributed by atoms with Gasteiger partial charge in [-0.3, -0.25) is 4.79 Å². The summed E-state index contributed by atoms with van der Waals surface area (Å²) < 4.78 is 13.8. The molecule has 0 aliphatic heterocycles. The summed E-state index contributed by atoms with van der Waals surface area (Å²) in [5.74, 6) is 0.0867. The molecule has 0 bridgehead atoms. The average molecular weight is 290 g/mol. The third kappa shape index (κ3) is 1.61. The zero-order chi connectivity index (χ0) is 9.42. The molecule has 1 aromatic carbocycles. The number of Topliss-reactive ketones (excluding diaryl/α,β-unsaturated/α-hetero) is 1. The van der Waals surface area contributed by atoms with Crippen LogP contribution in [0.3, 0.4) is 0 Å². The van der Waals surface area contributed by atoms with Gasteiger partial charge >= 0.3 is 0 Å². The van der Waals surface area contributed by atoms with Gasteiger partial charge in [0.15, 0.2) is 0 Å². The van der Waals surface area contributed by atoms with Crippen LogP contribution in [0.5, 0.6) is 0 Å². The van der Waals surface area contributed by atoms with E-state index in [1.807, 2.05) is 22.6 Å². The van der Waals surface area contributed by atoms with Gasteiger partial charge in [0.2, 0.25) is 0 Å². The van der Waals surface area contributed by atoms with E-state index in [9.17, 15) is 9.18 Å². The summed E-state index contributed by atoms with van der Waals surface area (Å²) in [5, 5.41) is 0. The van der Waals surface area contributed by atoms with E-state index in [-0.39, 0.29) is 11.6 Å². The van der Waals surface area contributed by atoms with E-state index in [1.54, 1.807) is 6.07 Å². The molecule has 0 heterocycles. The molecule has 0 atom stereocenters. The van der Waals surface area contributed by atoms with Gasteiger partial charge in [-0.05, 0) is 46.2 Å². The van der Waals surface area contributed by atoms with Gasteiger partial charge in [-0.15, -0.1) is 0 Å². The lowest BCUT2D eigenvalue weighted by molar-refractivity contribution is -0.118. The number of hydrogen-bond acceptors (Lipinski definition) is 1. The van der Waals surface area contributed by atoms with Crippen LogP contribution in [0.15, 0.2) is 12.1 Å². The molecule has 0 radical (unpaired) electrons. The lowest BCUT2D eigenvalue weighted by Crippen LogP contribution is -2.15. The van der Waals surface area contributed by atoms with Gasteiger partial charge in [0, 0.05) is 12.8 Å². The topological polar surface area (TPSA) is 17.1 Å². The highest BCUT2D eigenvalue weighted by molar-refractivity contribution is 14.1. The third-order valence-electron chi connectivity index (χ3n) is 2.33. The van der Waals surface area contributed by atoms with Crippen molar-refractivity contribution in [2.24, 2.45) is 0 Å². The summed E-state index contributed by atoms with van der Waals surface area (Å²) in [6.45, 7) is 0. The molecule has 3 heteroatoms. The summed E-state index contributed by atoms with van der Waals surface area (Å²) in [7, 11) is 0. The van der Waals surface area contributed by atoms with Crippen LogP contribution in [0.25, 0.3) is 0 Å².